The largest absolute Gasteiger partial charge is 0.318 e. The average molecular weight is 311 g/mol. The van der Waals surface area contributed by atoms with Crippen LogP contribution in [0.15, 0.2) is 42.9 Å². The van der Waals surface area contributed by atoms with Gasteiger partial charge in [0.05, 0.1) is 11.9 Å². The number of pyridine rings is 1. The van der Waals surface area contributed by atoms with Crippen LogP contribution in [0, 0.1) is 0 Å². The van der Waals surface area contributed by atoms with E-state index < -0.39 is 0 Å². The van der Waals surface area contributed by atoms with E-state index in [4.69, 9.17) is 0 Å². The van der Waals surface area contributed by atoms with Crippen LogP contribution >= 0.6 is 0 Å². The highest BCUT2D eigenvalue weighted by atomic mass is 15.3. The molecule has 2 aromatic heterocycles. The van der Waals surface area contributed by atoms with Crippen LogP contribution in [0.2, 0.25) is 0 Å². The van der Waals surface area contributed by atoms with Crippen LogP contribution in [0.5, 0.6) is 0 Å². The van der Waals surface area contributed by atoms with Crippen LogP contribution < -0.4 is 0 Å². The van der Waals surface area contributed by atoms with Gasteiger partial charge < -0.3 is 9.47 Å². The normalized spacial score (nSPS) is 23.8. The summed E-state index contributed by atoms with van der Waals surface area (Å²) in [5, 5.41) is 0. The molecule has 4 heterocycles. The van der Waals surface area contributed by atoms with Crippen LogP contribution in [-0.2, 0) is 6.54 Å². The van der Waals surface area contributed by atoms with E-state index in [-0.39, 0.29) is 0 Å². The van der Waals surface area contributed by atoms with Crippen molar-refractivity contribution < 1.29 is 0 Å². The van der Waals surface area contributed by atoms with Crippen LogP contribution in [-0.4, -0.2) is 76.6 Å². The summed E-state index contributed by atoms with van der Waals surface area (Å²) in [5.74, 6) is 0. The summed E-state index contributed by atoms with van der Waals surface area (Å²) in [6.45, 7) is 8.17. The Kier molecular flexibility index (Phi) is 4.16. The molecule has 1 atom stereocenters. The van der Waals surface area contributed by atoms with Gasteiger partial charge in [-0.2, -0.15) is 0 Å². The molecule has 23 heavy (non-hydrogen) atoms. The predicted molar refractivity (Wildman–Crippen MR) is 91.7 cm³/mol. The van der Waals surface area contributed by atoms with Crippen LogP contribution in [0.3, 0.4) is 0 Å². The maximum atomic E-state index is 4.24. The zero-order valence-corrected chi connectivity index (χ0v) is 13.8. The van der Waals surface area contributed by atoms with E-state index in [0.717, 1.165) is 12.2 Å². The highest BCUT2D eigenvalue weighted by molar-refractivity contribution is 5.32. The molecule has 0 bridgehead atoms. The van der Waals surface area contributed by atoms with Crippen molar-refractivity contribution in [3.63, 3.8) is 0 Å². The lowest BCUT2D eigenvalue weighted by atomic mass is 10.1. The quantitative estimate of drug-likeness (QED) is 0.854. The smallest absolute Gasteiger partial charge is 0.0636 e. The molecule has 5 heteroatoms. The lowest BCUT2D eigenvalue weighted by Gasteiger charge is -2.46. The molecule has 2 fully saturated rings. The molecule has 2 aliphatic heterocycles. The van der Waals surface area contributed by atoms with Gasteiger partial charge in [-0.1, -0.05) is 0 Å². The fourth-order valence-corrected chi connectivity index (χ4v) is 3.84. The fraction of sp³-hybridized carbons (Fsp3) is 0.500. The first kappa shape index (κ1) is 14.9. The Hall–Kier alpha value is -1.69. The molecule has 2 aliphatic rings. The third-order valence-electron chi connectivity index (χ3n) is 5.12. The molecule has 0 spiro atoms. The Morgan fingerprint density at radius 3 is 2.87 bits per heavy atom. The number of hydrogen-bond acceptors (Lipinski definition) is 4. The molecule has 2 saturated heterocycles. The van der Waals surface area contributed by atoms with Gasteiger partial charge >= 0.3 is 0 Å². The first-order valence-corrected chi connectivity index (χ1v) is 8.51. The van der Waals surface area contributed by atoms with E-state index in [1.165, 1.54) is 45.0 Å². The Morgan fingerprint density at radius 2 is 2.00 bits per heavy atom. The first-order chi connectivity index (χ1) is 11.3. The molecule has 0 N–H and O–H groups in total. The second-order valence-electron chi connectivity index (χ2n) is 6.77. The summed E-state index contributed by atoms with van der Waals surface area (Å²) in [5.41, 5.74) is 2.49. The highest BCUT2D eigenvalue weighted by Crippen LogP contribution is 2.18. The predicted octanol–water partition coefficient (Wildman–Crippen LogP) is 1.30. The molecule has 2 aromatic rings. The summed E-state index contributed by atoms with van der Waals surface area (Å²) in [7, 11) is 2.24. The average Bonchev–Trinajstić information content (AvgIpc) is 3.03. The molecule has 0 aliphatic carbocycles. The van der Waals surface area contributed by atoms with Crippen molar-refractivity contribution in [3.8, 4) is 5.69 Å². The fourth-order valence-electron chi connectivity index (χ4n) is 3.84. The summed E-state index contributed by atoms with van der Waals surface area (Å²) >= 11 is 0. The number of piperazine rings is 2. The van der Waals surface area contributed by atoms with Gasteiger partial charge in [0, 0.05) is 69.9 Å². The van der Waals surface area contributed by atoms with E-state index >= 15 is 0 Å². The summed E-state index contributed by atoms with van der Waals surface area (Å²) in [6, 6.07) is 9.16. The van der Waals surface area contributed by atoms with Gasteiger partial charge in [-0.05, 0) is 31.3 Å². The van der Waals surface area contributed by atoms with Crippen molar-refractivity contribution in [2.45, 2.75) is 12.6 Å². The molecular formula is C18H25N5. The Labute approximate surface area is 138 Å². The Bertz CT molecular complexity index is 638. The summed E-state index contributed by atoms with van der Waals surface area (Å²) in [6.07, 6.45) is 5.89. The topological polar surface area (TPSA) is 27.5 Å². The van der Waals surface area contributed by atoms with Gasteiger partial charge in [0.25, 0.3) is 0 Å². The second-order valence-corrected chi connectivity index (χ2v) is 6.77. The van der Waals surface area contributed by atoms with E-state index in [9.17, 15) is 0 Å². The van der Waals surface area contributed by atoms with Gasteiger partial charge in [0.1, 0.15) is 0 Å². The Balaban J connectivity index is 1.46. The SMILES string of the molecule is CN1CCN2CCN(Cc3cccn3-c3cccnc3)C[C@@H]2C1. The van der Waals surface area contributed by atoms with Gasteiger partial charge in [-0.3, -0.25) is 14.8 Å². The molecule has 0 radical (unpaired) electrons. The van der Waals surface area contributed by atoms with Crippen molar-refractivity contribution >= 4 is 0 Å². The standard InChI is InChI=1S/C18H25N5/c1-20-8-10-22-11-9-21(15-18(22)13-20)14-17-5-3-7-23(17)16-4-2-6-19-12-16/h2-7,12,18H,8-11,13-15H2,1H3/t18-/m0/s1. The lowest BCUT2D eigenvalue weighted by Crippen LogP contribution is -2.61. The second kappa shape index (κ2) is 6.43. The van der Waals surface area contributed by atoms with Gasteiger partial charge in [0.15, 0.2) is 0 Å². The molecule has 5 nitrogen and oxygen atoms in total. The van der Waals surface area contributed by atoms with Gasteiger partial charge in [0.2, 0.25) is 0 Å². The third kappa shape index (κ3) is 3.17. The maximum absolute atomic E-state index is 4.24. The highest BCUT2D eigenvalue weighted by Gasteiger charge is 2.30. The van der Waals surface area contributed by atoms with Crippen molar-refractivity contribution in [2.24, 2.45) is 0 Å². The number of fused-ring (bicyclic) bond motifs is 1. The van der Waals surface area contributed by atoms with Crippen molar-refractivity contribution in [2.75, 3.05) is 46.3 Å². The molecule has 122 valence electrons. The van der Waals surface area contributed by atoms with E-state index in [1.807, 2.05) is 18.5 Å². The van der Waals surface area contributed by atoms with Gasteiger partial charge in [-0.25, -0.2) is 0 Å². The van der Waals surface area contributed by atoms with Gasteiger partial charge in [-0.15, -0.1) is 0 Å². The van der Waals surface area contributed by atoms with Crippen LogP contribution in [0.1, 0.15) is 5.69 Å². The number of rotatable bonds is 3. The van der Waals surface area contributed by atoms with E-state index in [2.05, 4.69) is 55.7 Å². The monoisotopic (exact) mass is 311 g/mol. The van der Waals surface area contributed by atoms with Crippen LogP contribution in [0.25, 0.3) is 5.69 Å². The van der Waals surface area contributed by atoms with Crippen molar-refractivity contribution in [1.29, 1.82) is 0 Å². The minimum Gasteiger partial charge on any atom is -0.318 e. The maximum Gasteiger partial charge on any atom is 0.0636 e. The lowest BCUT2D eigenvalue weighted by molar-refractivity contribution is 0.0170. The third-order valence-corrected chi connectivity index (χ3v) is 5.12. The minimum atomic E-state index is 0.685. The van der Waals surface area contributed by atoms with Crippen molar-refractivity contribution in [1.82, 2.24) is 24.3 Å². The molecule has 0 unspecified atom stereocenters. The molecule has 0 amide bonds. The number of nitrogens with zero attached hydrogens (tertiary/aromatic N) is 5. The molecule has 4 rings (SSSR count). The number of hydrogen-bond donors (Lipinski definition) is 0. The summed E-state index contributed by atoms with van der Waals surface area (Å²) in [4.78, 5) is 12.0. The molecular weight excluding hydrogens is 286 g/mol. The zero-order chi connectivity index (χ0) is 15.6. The number of aromatic nitrogens is 2. The molecule has 0 aromatic carbocycles. The Morgan fingerprint density at radius 1 is 1.09 bits per heavy atom. The minimum absolute atomic E-state index is 0.685. The first-order valence-electron chi connectivity index (χ1n) is 8.51. The number of likely N-dealkylation sites (N-methyl/N-ethyl adjacent to an activating group) is 1. The van der Waals surface area contributed by atoms with Crippen LogP contribution in [0.4, 0.5) is 0 Å². The summed E-state index contributed by atoms with van der Waals surface area (Å²) < 4.78 is 2.26. The van der Waals surface area contributed by atoms with Crippen molar-refractivity contribution in [3.05, 3.63) is 48.5 Å². The van der Waals surface area contributed by atoms with E-state index in [0.29, 0.717) is 6.04 Å². The molecule has 0 saturated carbocycles. The van der Waals surface area contributed by atoms with E-state index in [1.54, 1.807) is 0 Å². The zero-order valence-electron chi connectivity index (χ0n) is 13.8.